The van der Waals surface area contributed by atoms with Crippen LogP contribution in [0.4, 0.5) is 18.9 Å². The predicted octanol–water partition coefficient (Wildman–Crippen LogP) is 13.1. The molecule has 1 aromatic heterocycles. The molecular formula is C53H64F3N3O4S2. The highest BCUT2D eigenvalue weighted by Gasteiger charge is 2.48. The summed E-state index contributed by atoms with van der Waals surface area (Å²) < 4.78 is 89.5. The Kier molecular flexibility index (Phi) is 16.5. The smallest absolute Gasteiger partial charge is 0.372 e. The summed E-state index contributed by atoms with van der Waals surface area (Å²) >= 11 is 0. The standard InChI is InChI=1S/C53H64F3N3O4S2/c1-6-52(4,5)45-33-27-41(28-34-45)20-13-10-8-9-11-18-38-59-48-24-17-16-23-47(48)50(51(59)44-21-14-12-15-22-44)49(42-29-25-40(3)26-30-42)43-31-35-46(36-32-43)58(7-2)37-19-39-64(60,61)57-65(62,63)53(54,55)56/h12,14-17,21-36,49,57H,6-11,13,18-20,37-39H2,1-5H3. The van der Waals surface area contributed by atoms with Crippen molar-refractivity contribution in [3.8, 4) is 11.3 Å². The highest BCUT2D eigenvalue weighted by molar-refractivity contribution is 8.05. The highest BCUT2D eigenvalue weighted by Crippen LogP contribution is 2.45. The number of benzene rings is 5. The number of nitrogens with zero attached hydrogens (tertiary/aromatic N) is 2. The van der Waals surface area contributed by atoms with Gasteiger partial charge in [-0.2, -0.15) is 13.2 Å². The molecule has 0 bridgehead atoms. The SMILES string of the molecule is CCN(CCCS(=O)(=O)NS(=O)(=O)C(F)(F)F)c1ccc(C(c2ccc(C)cc2)c2c(-c3ccccc3)n(CCCCCCCCc3ccc(C(C)(C)CC)cc3)c3ccccc23)cc1. The summed E-state index contributed by atoms with van der Waals surface area (Å²) in [7, 11) is -10.8. The predicted molar refractivity (Wildman–Crippen MR) is 262 cm³/mol. The van der Waals surface area contributed by atoms with Crippen LogP contribution in [0.15, 0.2) is 127 Å². The molecule has 1 unspecified atom stereocenters. The van der Waals surface area contributed by atoms with Crippen LogP contribution in [0.1, 0.15) is 118 Å². The van der Waals surface area contributed by atoms with E-state index < -0.39 is 31.3 Å². The van der Waals surface area contributed by atoms with Crippen molar-refractivity contribution in [3.05, 3.63) is 161 Å². The first-order valence-corrected chi connectivity index (χ1v) is 26.1. The van der Waals surface area contributed by atoms with Crippen molar-refractivity contribution < 1.29 is 30.0 Å². The average Bonchev–Trinajstić information content (AvgIpc) is 3.60. The molecule has 0 aliphatic heterocycles. The maximum absolute atomic E-state index is 12.9. The fourth-order valence-electron chi connectivity index (χ4n) is 8.73. The fourth-order valence-corrected chi connectivity index (χ4v) is 11.3. The number of unbranched alkanes of at least 4 members (excludes halogenated alkanes) is 5. The van der Waals surface area contributed by atoms with E-state index in [1.54, 1.807) is 0 Å². The van der Waals surface area contributed by atoms with E-state index >= 15 is 0 Å². The van der Waals surface area contributed by atoms with Crippen LogP contribution in [-0.2, 0) is 38.4 Å². The first-order valence-electron chi connectivity index (χ1n) is 22.9. The molecule has 5 aromatic carbocycles. The summed E-state index contributed by atoms with van der Waals surface area (Å²) in [5.74, 6) is -0.936. The molecule has 0 spiro atoms. The normalized spacial score (nSPS) is 13.0. The van der Waals surface area contributed by atoms with Crippen LogP contribution in [0.5, 0.6) is 0 Å². The molecule has 0 saturated heterocycles. The van der Waals surface area contributed by atoms with Crippen molar-refractivity contribution in [1.29, 1.82) is 0 Å². The molecule has 65 heavy (non-hydrogen) atoms. The molecule has 1 atom stereocenters. The lowest BCUT2D eigenvalue weighted by Gasteiger charge is -2.25. The van der Waals surface area contributed by atoms with Gasteiger partial charge in [0.05, 0.1) is 11.4 Å². The number of hydrogen-bond donors (Lipinski definition) is 1. The molecule has 0 amide bonds. The summed E-state index contributed by atoms with van der Waals surface area (Å²) in [5, 5.41) is 1.19. The fraction of sp³-hybridized carbons (Fsp3) is 0.396. The molecule has 6 rings (SSSR count). The van der Waals surface area contributed by atoms with Crippen LogP contribution in [0, 0.1) is 6.92 Å². The molecule has 348 valence electrons. The molecule has 7 nitrogen and oxygen atoms in total. The lowest BCUT2D eigenvalue weighted by molar-refractivity contribution is -0.0441. The molecule has 0 saturated carbocycles. The van der Waals surface area contributed by atoms with Crippen LogP contribution in [0.25, 0.3) is 22.2 Å². The van der Waals surface area contributed by atoms with Crippen molar-refractivity contribution in [1.82, 2.24) is 8.69 Å². The van der Waals surface area contributed by atoms with E-state index in [0.717, 1.165) is 64.3 Å². The maximum atomic E-state index is 12.9. The molecule has 12 heteroatoms. The molecular weight excluding hydrogens is 864 g/mol. The summed E-state index contributed by atoms with van der Waals surface area (Å²) in [4.78, 5) is 1.92. The number of aromatic nitrogens is 1. The second-order valence-electron chi connectivity index (χ2n) is 17.8. The molecule has 0 aliphatic rings. The largest absolute Gasteiger partial charge is 0.512 e. The Bertz CT molecular complexity index is 2680. The Morgan fingerprint density at radius 2 is 1.26 bits per heavy atom. The van der Waals surface area contributed by atoms with Gasteiger partial charge in [-0.25, -0.2) is 16.8 Å². The van der Waals surface area contributed by atoms with Crippen molar-refractivity contribution in [2.45, 2.75) is 116 Å². The zero-order chi connectivity index (χ0) is 46.8. The summed E-state index contributed by atoms with van der Waals surface area (Å²) in [6.45, 7) is 12.4. The number of halogens is 3. The summed E-state index contributed by atoms with van der Waals surface area (Å²) in [6.07, 6.45) is 9.17. The van der Waals surface area contributed by atoms with Gasteiger partial charge < -0.3 is 9.47 Å². The zero-order valence-electron chi connectivity index (χ0n) is 38.4. The number of fused-ring (bicyclic) bond motifs is 1. The number of sulfonamides is 2. The second kappa shape index (κ2) is 21.6. The van der Waals surface area contributed by atoms with Gasteiger partial charge in [0, 0.05) is 42.1 Å². The Hall–Kier alpha value is -4.91. The number of para-hydroxylation sites is 1. The lowest BCUT2D eigenvalue weighted by Crippen LogP contribution is -2.41. The minimum Gasteiger partial charge on any atom is -0.372 e. The molecule has 0 aliphatic carbocycles. The summed E-state index contributed by atoms with van der Waals surface area (Å²) in [6, 6.07) is 45.4. The van der Waals surface area contributed by atoms with E-state index in [1.807, 2.05) is 30.0 Å². The number of aryl methyl sites for hydroxylation is 3. The molecule has 6 aromatic rings. The van der Waals surface area contributed by atoms with Gasteiger partial charge in [-0.15, -0.1) is 4.13 Å². The van der Waals surface area contributed by atoms with Crippen LogP contribution in [0.2, 0.25) is 0 Å². The minimum atomic E-state index is -6.03. The molecule has 1 heterocycles. The number of rotatable bonds is 23. The van der Waals surface area contributed by atoms with Crippen LogP contribution in [-0.4, -0.2) is 45.8 Å². The van der Waals surface area contributed by atoms with E-state index in [4.69, 9.17) is 0 Å². The van der Waals surface area contributed by atoms with Gasteiger partial charge in [0.25, 0.3) is 0 Å². The first kappa shape index (κ1) is 49.5. The second-order valence-corrected chi connectivity index (χ2v) is 21.6. The van der Waals surface area contributed by atoms with Crippen molar-refractivity contribution in [2.75, 3.05) is 23.7 Å². The first-order chi connectivity index (χ1) is 30.9. The Balaban J connectivity index is 1.22. The monoisotopic (exact) mass is 927 g/mol. The number of alkyl halides is 3. The Labute approximate surface area is 385 Å². The number of anilines is 1. The average molecular weight is 928 g/mol. The van der Waals surface area contributed by atoms with E-state index in [1.165, 1.54) is 59.0 Å². The molecule has 0 fully saturated rings. The van der Waals surface area contributed by atoms with Crippen molar-refractivity contribution in [2.24, 2.45) is 0 Å². The summed E-state index contributed by atoms with van der Waals surface area (Å²) in [5.41, 5.74) is 6.21. The third kappa shape index (κ3) is 12.5. The van der Waals surface area contributed by atoms with E-state index in [9.17, 15) is 30.0 Å². The number of nitrogens with one attached hydrogen (secondary N) is 1. The van der Waals surface area contributed by atoms with Gasteiger partial charge in [-0.1, -0.05) is 161 Å². The molecule has 0 radical (unpaired) electrons. The van der Waals surface area contributed by atoms with Gasteiger partial charge in [0.1, 0.15) is 0 Å². The van der Waals surface area contributed by atoms with E-state index in [-0.39, 0.29) is 24.3 Å². The third-order valence-electron chi connectivity index (χ3n) is 12.8. The number of hydrogen-bond acceptors (Lipinski definition) is 5. The Morgan fingerprint density at radius 1 is 0.677 bits per heavy atom. The van der Waals surface area contributed by atoms with Gasteiger partial charge in [-0.3, -0.25) is 0 Å². The van der Waals surface area contributed by atoms with E-state index in [0.29, 0.717) is 6.54 Å². The van der Waals surface area contributed by atoms with Crippen molar-refractivity contribution in [3.63, 3.8) is 0 Å². The highest BCUT2D eigenvalue weighted by atomic mass is 32.3. The zero-order valence-corrected chi connectivity index (χ0v) is 40.0. The van der Waals surface area contributed by atoms with Crippen LogP contribution >= 0.6 is 0 Å². The Morgan fingerprint density at radius 3 is 1.88 bits per heavy atom. The third-order valence-corrected chi connectivity index (χ3v) is 16.2. The lowest BCUT2D eigenvalue weighted by atomic mass is 9.82. The van der Waals surface area contributed by atoms with Gasteiger partial charge in [0.2, 0.25) is 10.0 Å². The van der Waals surface area contributed by atoms with Gasteiger partial charge in [-0.05, 0) is 103 Å². The van der Waals surface area contributed by atoms with Crippen molar-refractivity contribution >= 4 is 36.6 Å². The van der Waals surface area contributed by atoms with Crippen LogP contribution < -0.4 is 9.03 Å². The van der Waals surface area contributed by atoms with E-state index in [2.05, 4.69) is 141 Å². The van der Waals surface area contributed by atoms with Gasteiger partial charge >= 0.3 is 15.5 Å². The van der Waals surface area contributed by atoms with Gasteiger partial charge in [0.15, 0.2) is 0 Å². The quantitative estimate of drug-likeness (QED) is 0.0647. The topological polar surface area (TPSA) is 88.5 Å². The minimum absolute atomic E-state index is 0.0861. The molecule has 1 N–H and O–H groups in total. The van der Waals surface area contributed by atoms with Crippen LogP contribution in [0.3, 0.4) is 0 Å². The maximum Gasteiger partial charge on any atom is 0.512 e.